The Kier molecular flexibility index (Phi) is 3.56. The van der Waals surface area contributed by atoms with E-state index in [1.165, 1.54) is 0 Å². The van der Waals surface area contributed by atoms with Crippen molar-refractivity contribution in [2.75, 3.05) is 5.32 Å². The monoisotopic (exact) mass is 313 g/mol. The molecule has 0 radical (unpaired) electrons. The van der Waals surface area contributed by atoms with Crippen molar-refractivity contribution in [3.63, 3.8) is 0 Å². The number of nitrogens with zero attached hydrogens (tertiary/aromatic N) is 2. The van der Waals surface area contributed by atoms with Gasteiger partial charge in [0.15, 0.2) is 0 Å². The van der Waals surface area contributed by atoms with Crippen LogP contribution in [-0.4, -0.2) is 15.5 Å². The molecule has 4 heteroatoms. The predicted molar refractivity (Wildman–Crippen MR) is 95.6 cm³/mol. The Labute approximate surface area is 139 Å². The van der Waals surface area contributed by atoms with E-state index < -0.39 is 0 Å². The summed E-state index contributed by atoms with van der Waals surface area (Å²) in [6.07, 6.45) is 0. The molecule has 0 fully saturated rings. The van der Waals surface area contributed by atoms with E-state index in [0.29, 0.717) is 11.5 Å². The minimum atomic E-state index is -0.109. The Morgan fingerprint density at radius 3 is 2.17 bits per heavy atom. The molecule has 1 heterocycles. The van der Waals surface area contributed by atoms with Crippen LogP contribution in [0.4, 0.5) is 11.6 Å². The molecule has 0 aliphatic heterocycles. The maximum atomic E-state index is 13.0. The second kappa shape index (κ2) is 6.01. The fraction of sp³-hybridized carbons (Fsp3) is 0. The number of benzene rings is 3. The molecule has 0 spiro atoms. The van der Waals surface area contributed by atoms with Gasteiger partial charge in [0.2, 0.25) is 5.95 Å². The Morgan fingerprint density at radius 1 is 0.792 bits per heavy atom. The number of hydrogen-bond acceptors (Lipinski definition) is 3. The Hall–Kier alpha value is -3.40. The van der Waals surface area contributed by atoms with Crippen molar-refractivity contribution < 1.29 is 4.79 Å². The number of nitrogens with one attached hydrogen (secondary N) is 1. The number of carbonyl (C=O) groups is 1. The zero-order valence-corrected chi connectivity index (χ0v) is 12.9. The molecular formula is C20H15N3O. The van der Waals surface area contributed by atoms with Crippen LogP contribution in [0.5, 0.6) is 0 Å². The van der Waals surface area contributed by atoms with E-state index >= 15 is 0 Å². The molecule has 0 aliphatic rings. The third-order valence-electron chi connectivity index (χ3n) is 3.81. The first-order valence-corrected chi connectivity index (χ1v) is 7.72. The lowest BCUT2D eigenvalue weighted by Crippen LogP contribution is -2.14. The summed E-state index contributed by atoms with van der Waals surface area (Å²) in [6.45, 7) is 0. The average molecular weight is 313 g/mol. The van der Waals surface area contributed by atoms with E-state index in [2.05, 4.69) is 10.3 Å². The first-order chi connectivity index (χ1) is 11.8. The fourth-order valence-electron chi connectivity index (χ4n) is 2.68. The smallest absolute Gasteiger partial charge is 0.265 e. The van der Waals surface area contributed by atoms with Crippen molar-refractivity contribution in [3.05, 3.63) is 90.5 Å². The van der Waals surface area contributed by atoms with E-state index in [0.717, 1.165) is 16.7 Å². The zero-order chi connectivity index (χ0) is 16.4. The summed E-state index contributed by atoms with van der Waals surface area (Å²) in [5, 5.41) is 3.24. The molecule has 4 rings (SSSR count). The number of aromatic nitrogens is 2. The molecule has 4 nitrogen and oxygen atoms in total. The second-order valence-corrected chi connectivity index (χ2v) is 5.42. The predicted octanol–water partition coefficient (Wildman–Crippen LogP) is 4.47. The number of para-hydroxylation sites is 3. The summed E-state index contributed by atoms with van der Waals surface area (Å²) in [5.74, 6) is 0.402. The Morgan fingerprint density at radius 2 is 1.42 bits per heavy atom. The number of carbonyl (C=O) groups excluding carboxylic acids is 1. The molecule has 0 saturated carbocycles. The van der Waals surface area contributed by atoms with E-state index in [-0.39, 0.29) is 5.91 Å². The van der Waals surface area contributed by atoms with Crippen LogP contribution >= 0.6 is 0 Å². The lowest BCUT2D eigenvalue weighted by molar-refractivity contribution is 0.0967. The van der Waals surface area contributed by atoms with Gasteiger partial charge in [0.1, 0.15) is 0 Å². The summed E-state index contributed by atoms with van der Waals surface area (Å²) < 4.78 is 1.62. The molecule has 1 N–H and O–H groups in total. The van der Waals surface area contributed by atoms with Crippen LogP contribution in [0, 0.1) is 0 Å². The van der Waals surface area contributed by atoms with E-state index in [9.17, 15) is 4.79 Å². The number of hydrogen-bond donors (Lipinski definition) is 1. The maximum absolute atomic E-state index is 13.0. The molecular weight excluding hydrogens is 298 g/mol. The van der Waals surface area contributed by atoms with Crippen molar-refractivity contribution in [1.29, 1.82) is 0 Å². The normalized spacial score (nSPS) is 10.7. The van der Waals surface area contributed by atoms with Gasteiger partial charge in [-0.2, -0.15) is 0 Å². The van der Waals surface area contributed by atoms with Gasteiger partial charge in [0.25, 0.3) is 5.91 Å². The van der Waals surface area contributed by atoms with Gasteiger partial charge >= 0.3 is 0 Å². The van der Waals surface area contributed by atoms with Crippen molar-refractivity contribution in [3.8, 4) is 0 Å². The SMILES string of the molecule is O=C(c1ccccc1)n1c(Nc2ccccc2)nc2ccccc21. The van der Waals surface area contributed by atoms with Gasteiger partial charge in [-0.25, -0.2) is 9.55 Å². The molecule has 24 heavy (non-hydrogen) atoms. The third kappa shape index (κ3) is 2.54. The average Bonchev–Trinajstić information content (AvgIpc) is 3.00. The van der Waals surface area contributed by atoms with Gasteiger partial charge in [0, 0.05) is 11.3 Å². The third-order valence-corrected chi connectivity index (χ3v) is 3.81. The number of fused-ring (bicyclic) bond motifs is 1. The first kappa shape index (κ1) is 14.2. The molecule has 0 atom stereocenters. The molecule has 0 saturated heterocycles. The standard InChI is InChI=1S/C20H15N3O/c24-19(15-9-3-1-4-10-15)23-18-14-8-7-13-17(18)22-20(23)21-16-11-5-2-6-12-16/h1-14H,(H,21,22). The van der Waals surface area contributed by atoms with Crippen LogP contribution in [0.25, 0.3) is 11.0 Å². The Balaban J connectivity index is 1.86. The van der Waals surface area contributed by atoms with E-state index in [1.807, 2.05) is 84.9 Å². The zero-order valence-electron chi connectivity index (χ0n) is 12.9. The fourth-order valence-corrected chi connectivity index (χ4v) is 2.68. The lowest BCUT2D eigenvalue weighted by Gasteiger charge is -2.09. The quantitative estimate of drug-likeness (QED) is 0.607. The highest BCUT2D eigenvalue weighted by molar-refractivity contribution is 6.03. The van der Waals surface area contributed by atoms with Crippen molar-refractivity contribution >= 4 is 28.6 Å². The Bertz CT molecular complexity index is 991. The molecule has 4 aromatic rings. The number of rotatable bonds is 3. The van der Waals surface area contributed by atoms with Crippen LogP contribution in [-0.2, 0) is 0 Å². The van der Waals surface area contributed by atoms with Crippen LogP contribution in [0.2, 0.25) is 0 Å². The van der Waals surface area contributed by atoms with Crippen LogP contribution in [0.1, 0.15) is 10.4 Å². The molecule has 1 aromatic heterocycles. The van der Waals surface area contributed by atoms with Crippen LogP contribution in [0.3, 0.4) is 0 Å². The first-order valence-electron chi connectivity index (χ1n) is 7.72. The van der Waals surface area contributed by atoms with Crippen molar-refractivity contribution in [2.24, 2.45) is 0 Å². The van der Waals surface area contributed by atoms with Gasteiger partial charge in [-0.3, -0.25) is 4.79 Å². The van der Waals surface area contributed by atoms with E-state index in [1.54, 1.807) is 4.57 Å². The largest absolute Gasteiger partial charge is 0.325 e. The second-order valence-electron chi connectivity index (χ2n) is 5.42. The lowest BCUT2D eigenvalue weighted by atomic mass is 10.2. The minimum Gasteiger partial charge on any atom is -0.325 e. The highest BCUT2D eigenvalue weighted by atomic mass is 16.2. The highest BCUT2D eigenvalue weighted by Crippen LogP contribution is 2.24. The topological polar surface area (TPSA) is 46.9 Å². The van der Waals surface area contributed by atoms with E-state index in [4.69, 9.17) is 0 Å². The minimum absolute atomic E-state index is 0.109. The summed E-state index contributed by atoms with van der Waals surface area (Å²) in [6, 6.07) is 26.6. The highest BCUT2D eigenvalue weighted by Gasteiger charge is 2.18. The van der Waals surface area contributed by atoms with Crippen molar-refractivity contribution in [2.45, 2.75) is 0 Å². The molecule has 116 valence electrons. The molecule has 0 aliphatic carbocycles. The van der Waals surface area contributed by atoms with Gasteiger partial charge in [0.05, 0.1) is 11.0 Å². The number of imidazole rings is 1. The van der Waals surface area contributed by atoms with Crippen LogP contribution in [0.15, 0.2) is 84.9 Å². The van der Waals surface area contributed by atoms with Gasteiger partial charge in [-0.15, -0.1) is 0 Å². The maximum Gasteiger partial charge on any atom is 0.265 e. The summed E-state index contributed by atoms with van der Waals surface area (Å²) >= 11 is 0. The van der Waals surface area contributed by atoms with Gasteiger partial charge < -0.3 is 5.32 Å². The van der Waals surface area contributed by atoms with Gasteiger partial charge in [-0.1, -0.05) is 48.5 Å². The number of anilines is 2. The van der Waals surface area contributed by atoms with Crippen molar-refractivity contribution in [1.82, 2.24) is 9.55 Å². The molecule has 3 aromatic carbocycles. The molecule has 0 amide bonds. The summed E-state index contributed by atoms with van der Waals surface area (Å²) in [7, 11) is 0. The molecule has 0 bridgehead atoms. The van der Waals surface area contributed by atoms with Gasteiger partial charge in [-0.05, 0) is 36.4 Å². The molecule has 0 unspecified atom stereocenters. The summed E-state index contributed by atoms with van der Waals surface area (Å²) in [4.78, 5) is 17.6. The summed E-state index contributed by atoms with van der Waals surface area (Å²) in [5.41, 5.74) is 3.07. The van der Waals surface area contributed by atoms with Crippen LogP contribution < -0.4 is 5.32 Å².